The molecule has 9 heteroatoms. The van der Waals surface area contributed by atoms with Gasteiger partial charge < -0.3 is 10.5 Å². The minimum Gasteiger partial charge on any atom is -0.488 e. The van der Waals surface area contributed by atoms with E-state index in [0.717, 1.165) is 24.3 Å². The van der Waals surface area contributed by atoms with Gasteiger partial charge in [-0.15, -0.1) is 11.3 Å². The minimum atomic E-state index is -0.610. The number of hydrogen-bond donors (Lipinski definition) is 2. The molecule has 5 nitrogen and oxygen atoms in total. The Balaban J connectivity index is 1.74. The summed E-state index contributed by atoms with van der Waals surface area (Å²) in [4.78, 5) is 3.98. The third-order valence-corrected chi connectivity index (χ3v) is 4.02. The second-order valence-corrected chi connectivity index (χ2v) is 6.01. The van der Waals surface area contributed by atoms with E-state index in [0.29, 0.717) is 16.5 Å². The van der Waals surface area contributed by atoms with Crippen LogP contribution in [0.5, 0.6) is 5.75 Å². The summed E-state index contributed by atoms with van der Waals surface area (Å²) in [5.74, 6) is -1.22. The number of hydrazone groups is 1. The summed E-state index contributed by atoms with van der Waals surface area (Å²) < 4.78 is 45.8. The minimum absolute atomic E-state index is 0.0218. The SMILES string of the molecule is Nc1csc(NN=Cc2ccc(F)cc2OCc2cc(F)ccc2F)n1. The molecule has 2 aromatic carbocycles. The van der Waals surface area contributed by atoms with Crippen LogP contribution >= 0.6 is 11.3 Å². The zero-order valence-corrected chi connectivity index (χ0v) is 14.1. The highest BCUT2D eigenvalue weighted by Crippen LogP contribution is 2.21. The maximum atomic E-state index is 13.7. The topological polar surface area (TPSA) is 72.5 Å². The normalized spacial score (nSPS) is 11.0. The van der Waals surface area contributed by atoms with Crippen molar-refractivity contribution in [1.82, 2.24) is 4.98 Å². The van der Waals surface area contributed by atoms with E-state index >= 15 is 0 Å². The molecule has 0 fully saturated rings. The van der Waals surface area contributed by atoms with Crippen molar-refractivity contribution in [1.29, 1.82) is 0 Å². The van der Waals surface area contributed by atoms with Crippen molar-refractivity contribution in [3.63, 3.8) is 0 Å². The summed E-state index contributed by atoms with van der Waals surface area (Å²) in [5.41, 5.74) is 8.66. The summed E-state index contributed by atoms with van der Waals surface area (Å²) in [6.45, 7) is -0.260. The van der Waals surface area contributed by atoms with E-state index < -0.39 is 17.5 Å². The number of hydrogen-bond acceptors (Lipinski definition) is 6. The van der Waals surface area contributed by atoms with E-state index in [1.54, 1.807) is 5.38 Å². The average Bonchev–Trinajstić information content (AvgIpc) is 3.02. The highest BCUT2D eigenvalue weighted by molar-refractivity contribution is 7.14. The molecule has 0 radical (unpaired) electrons. The van der Waals surface area contributed by atoms with Crippen LogP contribution in [0.4, 0.5) is 24.1 Å². The molecule has 26 heavy (non-hydrogen) atoms. The van der Waals surface area contributed by atoms with Crippen LogP contribution < -0.4 is 15.9 Å². The predicted molar refractivity (Wildman–Crippen MR) is 94.8 cm³/mol. The largest absolute Gasteiger partial charge is 0.488 e. The molecule has 0 bridgehead atoms. The third kappa shape index (κ3) is 4.51. The molecule has 0 aliphatic heterocycles. The first-order valence-electron chi connectivity index (χ1n) is 7.37. The van der Waals surface area contributed by atoms with Crippen molar-refractivity contribution >= 4 is 28.5 Å². The number of thiazole rings is 1. The lowest BCUT2D eigenvalue weighted by Gasteiger charge is -2.10. The second-order valence-electron chi connectivity index (χ2n) is 5.15. The Morgan fingerprint density at radius 2 is 1.92 bits per heavy atom. The van der Waals surface area contributed by atoms with Crippen LogP contribution in [0.1, 0.15) is 11.1 Å². The highest BCUT2D eigenvalue weighted by Gasteiger charge is 2.08. The number of halogens is 3. The first-order valence-corrected chi connectivity index (χ1v) is 8.25. The van der Waals surface area contributed by atoms with Gasteiger partial charge in [-0.05, 0) is 30.3 Å². The summed E-state index contributed by atoms with van der Waals surface area (Å²) in [7, 11) is 0. The fourth-order valence-electron chi connectivity index (χ4n) is 2.04. The number of nitrogens with two attached hydrogens (primary N) is 1. The fourth-order valence-corrected chi connectivity index (χ4v) is 2.59. The number of nitrogens with one attached hydrogen (secondary N) is 1. The summed E-state index contributed by atoms with van der Waals surface area (Å²) in [6, 6.07) is 6.87. The summed E-state index contributed by atoms with van der Waals surface area (Å²) >= 11 is 1.27. The number of rotatable bonds is 6. The molecule has 3 rings (SSSR count). The molecule has 0 spiro atoms. The molecular weight excluding hydrogens is 365 g/mol. The van der Waals surface area contributed by atoms with E-state index in [4.69, 9.17) is 10.5 Å². The summed E-state index contributed by atoms with van der Waals surface area (Å²) in [6.07, 6.45) is 1.40. The van der Waals surface area contributed by atoms with Gasteiger partial charge in [0.2, 0.25) is 5.13 Å². The van der Waals surface area contributed by atoms with E-state index in [1.807, 2.05) is 0 Å². The van der Waals surface area contributed by atoms with Gasteiger partial charge in [0.25, 0.3) is 0 Å². The zero-order chi connectivity index (χ0) is 18.5. The molecule has 1 aromatic heterocycles. The molecule has 0 amide bonds. The first kappa shape index (κ1) is 17.7. The number of ether oxygens (including phenoxy) is 1. The van der Waals surface area contributed by atoms with E-state index in [9.17, 15) is 13.2 Å². The molecule has 134 valence electrons. The third-order valence-electron chi connectivity index (χ3n) is 3.25. The van der Waals surface area contributed by atoms with Crippen LogP contribution in [0.25, 0.3) is 0 Å². The number of nitrogen functional groups attached to an aromatic ring is 1. The van der Waals surface area contributed by atoms with Crippen molar-refractivity contribution < 1.29 is 17.9 Å². The maximum Gasteiger partial charge on any atom is 0.205 e. The van der Waals surface area contributed by atoms with Crippen LogP contribution in [-0.4, -0.2) is 11.2 Å². The number of aromatic nitrogens is 1. The van der Waals surface area contributed by atoms with Crippen LogP contribution in [0.15, 0.2) is 46.9 Å². The van der Waals surface area contributed by atoms with Crippen molar-refractivity contribution in [3.8, 4) is 5.75 Å². The van der Waals surface area contributed by atoms with Gasteiger partial charge in [0.05, 0.1) is 6.21 Å². The van der Waals surface area contributed by atoms with Crippen LogP contribution in [0.3, 0.4) is 0 Å². The molecule has 0 aliphatic rings. The van der Waals surface area contributed by atoms with Gasteiger partial charge in [0.1, 0.15) is 35.6 Å². The lowest BCUT2D eigenvalue weighted by molar-refractivity contribution is 0.297. The molecule has 1 heterocycles. The second kappa shape index (κ2) is 7.87. The van der Waals surface area contributed by atoms with Gasteiger partial charge in [-0.25, -0.2) is 18.2 Å². The Morgan fingerprint density at radius 3 is 2.69 bits per heavy atom. The van der Waals surface area contributed by atoms with Crippen molar-refractivity contribution in [2.75, 3.05) is 11.2 Å². The van der Waals surface area contributed by atoms with Crippen LogP contribution in [-0.2, 0) is 6.61 Å². The Kier molecular flexibility index (Phi) is 5.37. The molecule has 0 atom stereocenters. The van der Waals surface area contributed by atoms with E-state index in [-0.39, 0.29) is 17.9 Å². The first-order chi connectivity index (χ1) is 12.5. The molecule has 3 aromatic rings. The van der Waals surface area contributed by atoms with Crippen molar-refractivity contribution in [2.24, 2.45) is 5.10 Å². The molecule has 0 aliphatic carbocycles. The predicted octanol–water partition coefficient (Wildman–Crippen LogP) is 4.17. The Labute approximate surface area is 151 Å². The lowest BCUT2D eigenvalue weighted by atomic mass is 10.2. The van der Waals surface area contributed by atoms with Crippen molar-refractivity contribution in [2.45, 2.75) is 6.61 Å². The Hall–Kier alpha value is -3.07. The van der Waals surface area contributed by atoms with Crippen LogP contribution in [0, 0.1) is 17.5 Å². The average molecular weight is 378 g/mol. The monoisotopic (exact) mass is 378 g/mol. The quantitative estimate of drug-likeness (QED) is 0.499. The highest BCUT2D eigenvalue weighted by atomic mass is 32.1. The molecule has 0 saturated heterocycles. The smallest absolute Gasteiger partial charge is 0.205 e. The molecule has 0 unspecified atom stereocenters. The zero-order valence-electron chi connectivity index (χ0n) is 13.2. The molecular formula is C17H13F3N4OS. The fraction of sp³-hybridized carbons (Fsp3) is 0.0588. The summed E-state index contributed by atoms with van der Waals surface area (Å²) in [5, 5.41) is 6.12. The van der Waals surface area contributed by atoms with Gasteiger partial charge >= 0.3 is 0 Å². The van der Waals surface area contributed by atoms with Gasteiger partial charge in [0, 0.05) is 22.6 Å². The number of anilines is 2. The lowest BCUT2D eigenvalue weighted by Crippen LogP contribution is -2.02. The van der Waals surface area contributed by atoms with E-state index in [2.05, 4.69) is 15.5 Å². The Morgan fingerprint density at radius 1 is 1.15 bits per heavy atom. The standard InChI is InChI=1S/C17H13F3N4OS/c18-12-3-4-14(20)11(5-12)8-25-15-6-13(19)2-1-10(15)7-22-24-17-23-16(21)9-26-17/h1-7,9H,8,21H2,(H,23,24). The number of nitrogens with zero attached hydrogens (tertiary/aromatic N) is 2. The molecule has 0 saturated carbocycles. The van der Waals surface area contributed by atoms with Gasteiger partial charge in [0.15, 0.2) is 0 Å². The maximum absolute atomic E-state index is 13.7. The molecule has 3 N–H and O–H groups in total. The van der Waals surface area contributed by atoms with Crippen molar-refractivity contribution in [3.05, 3.63) is 70.4 Å². The number of benzene rings is 2. The van der Waals surface area contributed by atoms with Gasteiger partial charge in [-0.1, -0.05) is 0 Å². The van der Waals surface area contributed by atoms with Gasteiger partial charge in [-0.3, -0.25) is 5.43 Å². The Bertz CT molecular complexity index is 946. The van der Waals surface area contributed by atoms with E-state index in [1.165, 1.54) is 29.7 Å². The van der Waals surface area contributed by atoms with Crippen LogP contribution in [0.2, 0.25) is 0 Å². The van der Waals surface area contributed by atoms with Gasteiger partial charge in [-0.2, -0.15) is 5.10 Å².